The van der Waals surface area contributed by atoms with Gasteiger partial charge in [-0.25, -0.2) is 4.79 Å². The van der Waals surface area contributed by atoms with Crippen LogP contribution in [-0.2, 0) is 0 Å². The van der Waals surface area contributed by atoms with E-state index >= 15 is 0 Å². The topological polar surface area (TPSA) is 92.7 Å². The lowest BCUT2D eigenvalue weighted by Crippen LogP contribution is -2.15. The molecule has 30 heavy (non-hydrogen) atoms. The van der Waals surface area contributed by atoms with E-state index in [2.05, 4.69) is 5.32 Å². The van der Waals surface area contributed by atoms with E-state index in [9.17, 15) is 19.5 Å². The van der Waals surface area contributed by atoms with Crippen LogP contribution in [0.5, 0.6) is 5.75 Å². The molecule has 0 aliphatic carbocycles. The lowest BCUT2D eigenvalue weighted by atomic mass is 10.0. The van der Waals surface area contributed by atoms with Crippen molar-refractivity contribution in [2.45, 2.75) is 0 Å². The number of benzene rings is 3. The number of aromatic carboxylic acids is 1. The normalized spacial score (nSPS) is 10.9. The first-order valence-electron chi connectivity index (χ1n) is 9.09. The zero-order valence-corrected chi connectivity index (χ0v) is 16.2. The Labute approximate surface area is 173 Å². The van der Waals surface area contributed by atoms with E-state index in [1.165, 1.54) is 25.3 Å². The van der Waals surface area contributed by atoms with E-state index in [4.69, 9.17) is 4.74 Å². The summed E-state index contributed by atoms with van der Waals surface area (Å²) in [6.07, 6.45) is 1.13. The predicted molar refractivity (Wildman–Crippen MR) is 113 cm³/mol. The van der Waals surface area contributed by atoms with E-state index in [1.807, 2.05) is 6.07 Å². The summed E-state index contributed by atoms with van der Waals surface area (Å²) in [4.78, 5) is 37.4. The van der Waals surface area contributed by atoms with Crippen molar-refractivity contribution in [3.05, 3.63) is 107 Å². The number of hydrogen-bond acceptors (Lipinski definition) is 5. The van der Waals surface area contributed by atoms with Gasteiger partial charge in [-0.1, -0.05) is 36.4 Å². The number of nitrogens with one attached hydrogen (secondary N) is 1. The maximum Gasteiger partial charge on any atom is 0.336 e. The lowest BCUT2D eigenvalue weighted by molar-refractivity contribution is 0.0693. The number of methoxy groups -OCH3 is 1. The number of para-hydroxylation sites is 1. The van der Waals surface area contributed by atoms with Crippen LogP contribution in [0.2, 0.25) is 0 Å². The quantitative estimate of drug-likeness (QED) is 0.428. The molecule has 6 heteroatoms. The number of carbonyl (C=O) groups excluding carboxylic acids is 2. The smallest absolute Gasteiger partial charge is 0.336 e. The van der Waals surface area contributed by atoms with Crippen LogP contribution >= 0.6 is 0 Å². The number of anilines is 1. The number of carboxylic acid groups (broad SMARTS) is 1. The molecule has 0 aliphatic rings. The van der Waals surface area contributed by atoms with E-state index in [0.29, 0.717) is 17.0 Å². The summed E-state index contributed by atoms with van der Waals surface area (Å²) in [5.74, 6) is -1.62. The highest BCUT2D eigenvalue weighted by Crippen LogP contribution is 2.19. The van der Waals surface area contributed by atoms with Gasteiger partial charge in [-0.3, -0.25) is 9.59 Å². The van der Waals surface area contributed by atoms with Gasteiger partial charge in [-0.2, -0.15) is 0 Å². The van der Waals surface area contributed by atoms with Gasteiger partial charge in [-0.15, -0.1) is 0 Å². The summed E-state index contributed by atoms with van der Waals surface area (Å²) in [6, 6.07) is 21.3. The molecule has 0 radical (unpaired) electrons. The molecule has 0 aliphatic heterocycles. The maximum absolute atomic E-state index is 13.1. The zero-order valence-electron chi connectivity index (χ0n) is 16.2. The Morgan fingerprint density at radius 3 is 2.03 bits per heavy atom. The monoisotopic (exact) mass is 401 g/mol. The highest BCUT2D eigenvalue weighted by Gasteiger charge is 2.19. The van der Waals surface area contributed by atoms with E-state index in [-0.39, 0.29) is 16.8 Å². The molecule has 0 spiro atoms. The molecule has 0 heterocycles. The van der Waals surface area contributed by atoms with Crippen molar-refractivity contribution in [3.8, 4) is 5.75 Å². The SMILES string of the molecule is COc1ccc(C(=O)/C(=C/C(=O)c2ccccc2C(=O)O)Nc2ccccc2)cc1. The minimum absolute atomic E-state index is 0.0000995. The first kappa shape index (κ1) is 20.5. The average molecular weight is 401 g/mol. The van der Waals surface area contributed by atoms with Crippen LogP contribution in [0.25, 0.3) is 0 Å². The van der Waals surface area contributed by atoms with Gasteiger partial charge in [0.15, 0.2) is 5.78 Å². The summed E-state index contributed by atoms with van der Waals surface area (Å²) in [7, 11) is 1.53. The van der Waals surface area contributed by atoms with Gasteiger partial charge in [0.05, 0.1) is 18.4 Å². The number of allylic oxidation sites excluding steroid dienone is 2. The summed E-state index contributed by atoms with van der Waals surface area (Å²) in [6.45, 7) is 0. The first-order chi connectivity index (χ1) is 14.5. The van der Waals surface area contributed by atoms with Gasteiger partial charge in [0.1, 0.15) is 5.75 Å². The third-order valence-electron chi connectivity index (χ3n) is 4.35. The minimum Gasteiger partial charge on any atom is -0.497 e. The standard InChI is InChI=1S/C24H19NO5/c1-30-18-13-11-16(12-14-18)23(27)21(25-17-7-3-2-4-8-17)15-22(26)19-9-5-6-10-20(19)24(28)29/h2-15,25H,1H3,(H,28,29)/b21-15-. The molecule has 0 saturated carbocycles. The molecule has 150 valence electrons. The van der Waals surface area contributed by atoms with Crippen molar-refractivity contribution in [1.82, 2.24) is 0 Å². The van der Waals surface area contributed by atoms with E-state index < -0.39 is 17.5 Å². The second-order valence-corrected chi connectivity index (χ2v) is 6.32. The zero-order chi connectivity index (χ0) is 21.5. The lowest BCUT2D eigenvalue weighted by Gasteiger charge is -2.11. The van der Waals surface area contributed by atoms with Crippen LogP contribution in [-0.4, -0.2) is 29.8 Å². The Balaban J connectivity index is 2.01. The number of carboxylic acids is 1. The van der Waals surface area contributed by atoms with Crippen LogP contribution in [0.1, 0.15) is 31.1 Å². The number of rotatable bonds is 8. The van der Waals surface area contributed by atoms with Crippen molar-refractivity contribution in [2.24, 2.45) is 0 Å². The fraction of sp³-hybridized carbons (Fsp3) is 0.0417. The van der Waals surface area contributed by atoms with Crippen molar-refractivity contribution in [3.63, 3.8) is 0 Å². The average Bonchev–Trinajstić information content (AvgIpc) is 2.78. The second-order valence-electron chi connectivity index (χ2n) is 6.32. The van der Waals surface area contributed by atoms with E-state index in [0.717, 1.165) is 6.08 Å². The van der Waals surface area contributed by atoms with Crippen molar-refractivity contribution in [1.29, 1.82) is 0 Å². The Morgan fingerprint density at radius 1 is 0.833 bits per heavy atom. The number of ether oxygens (including phenoxy) is 1. The third-order valence-corrected chi connectivity index (χ3v) is 4.35. The van der Waals surface area contributed by atoms with Crippen molar-refractivity contribution in [2.75, 3.05) is 12.4 Å². The number of Topliss-reactive ketones (excluding diaryl/α,β-unsaturated/α-hetero) is 1. The molecular weight excluding hydrogens is 382 g/mol. The summed E-state index contributed by atoms with van der Waals surface area (Å²) >= 11 is 0. The van der Waals surface area contributed by atoms with Crippen LogP contribution < -0.4 is 10.1 Å². The molecule has 0 amide bonds. The van der Waals surface area contributed by atoms with Crippen LogP contribution in [0.4, 0.5) is 5.69 Å². The fourth-order valence-corrected chi connectivity index (χ4v) is 2.83. The van der Waals surface area contributed by atoms with Gasteiger partial charge in [0.2, 0.25) is 5.78 Å². The Kier molecular flexibility index (Phi) is 6.39. The van der Waals surface area contributed by atoms with Gasteiger partial charge in [-0.05, 0) is 42.5 Å². The molecule has 0 unspecified atom stereocenters. The molecule has 0 fully saturated rings. The second kappa shape index (κ2) is 9.34. The number of hydrogen-bond donors (Lipinski definition) is 2. The van der Waals surface area contributed by atoms with Crippen LogP contribution in [0.3, 0.4) is 0 Å². The largest absolute Gasteiger partial charge is 0.497 e. The number of carbonyl (C=O) groups is 3. The maximum atomic E-state index is 13.1. The van der Waals surface area contributed by atoms with Gasteiger partial charge < -0.3 is 15.2 Å². The predicted octanol–water partition coefficient (Wildman–Crippen LogP) is 4.46. The molecule has 3 rings (SSSR count). The molecule has 3 aromatic rings. The van der Waals surface area contributed by atoms with Crippen LogP contribution in [0.15, 0.2) is 90.6 Å². The molecule has 3 aromatic carbocycles. The highest BCUT2D eigenvalue weighted by molar-refractivity contribution is 6.18. The molecule has 2 N–H and O–H groups in total. The molecule has 0 saturated heterocycles. The highest BCUT2D eigenvalue weighted by atomic mass is 16.5. The van der Waals surface area contributed by atoms with E-state index in [1.54, 1.807) is 54.6 Å². The fourth-order valence-electron chi connectivity index (χ4n) is 2.83. The Bertz CT molecular complexity index is 1100. The van der Waals surface area contributed by atoms with Gasteiger partial charge in [0, 0.05) is 22.9 Å². The molecular formula is C24H19NO5. The summed E-state index contributed by atoms with van der Waals surface area (Å²) < 4.78 is 5.11. The Hall–Kier alpha value is -4.19. The van der Waals surface area contributed by atoms with Crippen molar-refractivity contribution < 1.29 is 24.2 Å². The molecule has 6 nitrogen and oxygen atoms in total. The summed E-state index contributed by atoms with van der Waals surface area (Å²) in [5.41, 5.74) is 0.862. The molecule has 0 bridgehead atoms. The number of ketones is 2. The summed E-state index contributed by atoms with van der Waals surface area (Å²) in [5, 5.41) is 12.3. The van der Waals surface area contributed by atoms with Gasteiger partial charge in [0.25, 0.3) is 0 Å². The van der Waals surface area contributed by atoms with Crippen LogP contribution in [0, 0.1) is 0 Å². The van der Waals surface area contributed by atoms with Gasteiger partial charge >= 0.3 is 5.97 Å². The first-order valence-corrected chi connectivity index (χ1v) is 9.09. The molecule has 0 atom stereocenters. The molecule has 0 aromatic heterocycles. The van der Waals surface area contributed by atoms with Crippen molar-refractivity contribution >= 4 is 23.2 Å². The Morgan fingerprint density at radius 2 is 1.43 bits per heavy atom. The third kappa shape index (κ3) is 4.80. The minimum atomic E-state index is -1.22.